The molecule has 4 N–H and O–H groups in total. The summed E-state index contributed by atoms with van der Waals surface area (Å²) >= 11 is 0. The topological polar surface area (TPSA) is 144 Å². The second-order valence-electron chi connectivity index (χ2n) is 8.72. The number of amides is 1. The molecule has 0 saturated carbocycles. The molecule has 190 valence electrons. The summed E-state index contributed by atoms with van der Waals surface area (Å²) < 4.78 is 33.8. The Morgan fingerprint density at radius 1 is 0.919 bits per heavy atom. The van der Waals surface area contributed by atoms with Gasteiger partial charge in [-0.05, 0) is 74.7 Å². The number of aryl methyl sites for hydroxylation is 4. The first-order valence-corrected chi connectivity index (χ1v) is 12.8. The highest BCUT2D eigenvalue weighted by atomic mass is 32.2. The Hall–Kier alpha value is -4.44. The van der Waals surface area contributed by atoms with Gasteiger partial charge in [-0.1, -0.05) is 35.9 Å². The third kappa shape index (κ3) is 5.54. The van der Waals surface area contributed by atoms with Crippen molar-refractivity contribution in [1.82, 2.24) is 14.7 Å². The van der Waals surface area contributed by atoms with Gasteiger partial charge < -0.3 is 15.6 Å². The summed E-state index contributed by atoms with van der Waals surface area (Å²) in [5, 5.41) is 9.76. The lowest BCUT2D eigenvalue weighted by Crippen LogP contribution is -2.31. The number of phenols is 1. The van der Waals surface area contributed by atoms with Crippen molar-refractivity contribution >= 4 is 21.7 Å². The van der Waals surface area contributed by atoms with Gasteiger partial charge >= 0.3 is 0 Å². The third-order valence-corrected chi connectivity index (χ3v) is 6.89. The van der Waals surface area contributed by atoms with Crippen LogP contribution in [0.2, 0.25) is 0 Å². The molecule has 0 aliphatic carbocycles. The van der Waals surface area contributed by atoms with Crippen molar-refractivity contribution in [3.8, 4) is 28.6 Å². The number of nitrogens with one attached hydrogen (secondary N) is 1. The van der Waals surface area contributed by atoms with Gasteiger partial charge in [-0.3, -0.25) is 4.79 Å². The molecule has 0 radical (unpaired) electrons. The first-order chi connectivity index (χ1) is 17.4. The number of phenolic OH excluding ortho intramolecular Hbond substituents is 1. The Morgan fingerprint density at radius 2 is 1.62 bits per heavy atom. The highest BCUT2D eigenvalue weighted by Crippen LogP contribution is 2.33. The van der Waals surface area contributed by atoms with Crippen LogP contribution in [0.3, 0.4) is 0 Å². The van der Waals surface area contributed by atoms with E-state index in [1.807, 2.05) is 37.6 Å². The number of hydrogen-bond donors (Lipinski definition) is 3. The number of benzene rings is 2. The number of aromatic hydroxyl groups is 1. The number of carbonyl (C=O) groups is 1. The minimum Gasteiger partial charge on any atom is -0.508 e. The van der Waals surface area contributed by atoms with Crippen molar-refractivity contribution < 1.29 is 23.1 Å². The Labute approximate surface area is 215 Å². The average molecular weight is 519 g/mol. The first kappa shape index (κ1) is 25.6. The van der Waals surface area contributed by atoms with Crippen LogP contribution in [0.25, 0.3) is 11.3 Å². The van der Waals surface area contributed by atoms with Gasteiger partial charge in [0.1, 0.15) is 22.9 Å². The van der Waals surface area contributed by atoms with Crippen LogP contribution in [0.1, 0.15) is 32.6 Å². The zero-order valence-electron chi connectivity index (χ0n) is 20.7. The fraction of sp³-hybridized carbons (Fsp3) is 0.148. The highest BCUT2D eigenvalue weighted by Gasteiger charge is 2.25. The third-order valence-electron chi connectivity index (χ3n) is 5.66. The molecule has 0 fully saturated rings. The Kier molecular flexibility index (Phi) is 6.86. The molecule has 0 spiro atoms. The van der Waals surface area contributed by atoms with Crippen molar-refractivity contribution in [2.75, 3.05) is 5.73 Å². The summed E-state index contributed by atoms with van der Waals surface area (Å²) in [6, 6.07) is 16.0. The Balaban J connectivity index is 1.79. The maximum Gasteiger partial charge on any atom is 0.281 e. The number of carbonyl (C=O) groups excluding carboxylic acids is 1. The van der Waals surface area contributed by atoms with E-state index >= 15 is 0 Å². The summed E-state index contributed by atoms with van der Waals surface area (Å²) in [4.78, 5) is 21.5. The van der Waals surface area contributed by atoms with Crippen LogP contribution in [-0.4, -0.2) is 29.4 Å². The molecule has 0 aliphatic heterocycles. The number of hydrogen-bond acceptors (Lipinski definition) is 8. The van der Waals surface area contributed by atoms with E-state index in [1.54, 1.807) is 31.2 Å². The largest absolute Gasteiger partial charge is 0.508 e. The second-order valence-corrected chi connectivity index (χ2v) is 10.3. The summed E-state index contributed by atoms with van der Waals surface area (Å²) in [6.45, 7) is 7.47. The van der Waals surface area contributed by atoms with E-state index in [0.29, 0.717) is 22.6 Å². The molecule has 4 aromatic rings. The van der Waals surface area contributed by atoms with Crippen LogP contribution in [0, 0.1) is 27.7 Å². The number of nitrogen functional groups attached to an aromatic ring is 1. The van der Waals surface area contributed by atoms with Gasteiger partial charge in [-0.15, -0.1) is 0 Å². The molecular weight excluding hydrogens is 492 g/mol. The van der Waals surface area contributed by atoms with Gasteiger partial charge in [0.15, 0.2) is 5.03 Å². The van der Waals surface area contributed by atoms with E-state index < -0.39 is 21.0 Å². The van der Waals surface area contributed by atoms with E-state index in [-0.39, 0.29) is 23.0 Å². The van der Waals surface area contributed by atoms with E-state index in [9.17, 15) is 18.3 Å². The number of rotatable bonds is 6. The highest BCUT2D eigenvalue weighted by molar-refractivity contribution is 7.90. The molecule has 0 atom stereocenters. The molecule has 2 heterocycles. The van der Waals surface area contributed by atoms with Crippen LogP contribution < -0.4 is 15.2 Å². The predicted molar refractivity (Wildman–Crippen MR) is 140 cm³/mol. The summed E-state index contributed by atoms with van der Waals surface area (Å²) in [5.41, 5.74) is 9.89. The summed E-state index contributed by atoms with van der Waals surface area (Å²) in [5.74, 6) is -0.462. The fourth-order valence-corrected chi connectivity index (χ4v) is 4.80. The standard InChI is InChI=1S/C27H26N4O5S/c1-15-12-17(3)25(18(4)13-15)36-27-20(10-11-21(29-27)19-9-8-16(2)22(32)14-19)26(33)31-37(34,35)24-7-5-6-23(28)30-24/h5-14,32H,1-4H3,(H2,28,30)(H,31,33). The molecule has 0 aliphatic rings. The van der Waals surface area contributed by atoms with E-state index in [2.05, 4.69) is 9.97 Å². The van der Waals surface area contributed by atoms with Crippen molar-refractivity contribution in [3.63, 3.8) is 0 Å². The fourth-order valence-electron chi connectivity index (χ4n) is 3.85. The van der Waals surface area contributed by atoms with Crippen molar-refractivity contribution in [1.29, 1.82) is 0 Å². The summed E-state index contributed by atoms with van der Waals surface area (Å²) in [6.07, 6.45) is 0. The number of anilines is 1. The van der Waals surface area contributed by atoms with Crippen molar-refractivity contribution in [2.45, 2.75) is 32.7 Å². The van der Waals surface area contributed by atoms with Crippen LogP contribution in [0.5, 0.6) is 17.4 Å². The van der Waals surface area contributed by atoms with Crippen molar-refractivity contribution in [3.05, 3.63) is 88.5 Å². The van der Waals surface area contributed by atoms with Crippen LogP contribution in [-0.2, 0) is 10.0 Å². The van der Waals surface area contributed by atoms with Crippen molar-refractivity contribution in [2.24, 2.45) is 0 Å². The van der Waals surface area contributed by atoms with Crippen LogP contribution in [0.15, 0.2) is 65.7 Å². The Bertz CT molecular complexity index is 1610. The molecule has 2 aromatic carbocycles. The maximum atomic E-state index is 13.2. The lowest BCUT2D eigenvalue weighted by molar-refractivity contribution is 0.0978. The molecule has 0 unspecified atom stereocenters. The molecule has 10 heteroatoms. The Morgan fingerprint density at radius 3 is 2.27 bits per heavy atom. The van der Waals surface area contributed by atoms with Gasteiger partial charge in [0.05, 0.1) is 5.69 Å². The van der Waals surface area contributed by atoms with Gasteiger partial charge in [-0.2, -0.15) is 8.42 Å². The monoisotopic (exact) mass is 518 g/mol. The molecule has 0 bridgehead atoms. The average Bonchev–Trinajstić information content (AvgIpc) is 2.82. The normalized spacial score (nSPS) is 11.2. The number of nitrogens with two attached hydrogens (primary N) is 1. The minimum atomic E-state index is -4.32. The quantitative estimate of drug-likeness (QED) is 0.336. The molecular formula is C27H26N4O5S. The molecule has 0 saturated heterocycles. The van der Waals surface area contributed by atoms with Gasteiger partial charge in [0, 0.05) is 5.56 Å². The second kappa shape index (κ2) is 9.90. The first-order valence-electron chi connectivity index (χ1n) is 11.3. The number of nitrogens with zero attached hydrogens (tertiary/aromatic N) is 2. The molecule has 2 aromatic heterocycles. The number of sulfonamides is 1. The summed E-state index contributed by atoms with van der Waals surface area (Å²) in [7, 11) is -4.32. The minimum absolute atomic E-state index is 0.00274. The number of ether oxygens (including phenoxy) is 1. The van der Waals surface area contributed by atoms with Gasteiger partial charge in [0.2, 0.25) is 5.88 Å². The molecule has 9 nitrogen and oxygen atoms in total. The van der Waals surface area contributed by atoms with E-state index in [1.165, 1.54) is 24.3 Å². The number of aromatic nitrogens is 2. The maximum absolute atomic E-state index is 13.2. The predicted octanol–water partition coefficient (Wildman–Crippen LogP) is 4.58. The van der Waals surface area contributed by atoms with E-state index in [4.69, 9.17) is 10.5 Å². The SMILES string of the molecule is Cc1cc(C)c(Oc2nc(-c3ccc(C)c(O)c3)ccc2C(=O)NS(=O)(=O)c2cccc(N)n2)c(C)c1. The molecule has 37 heavy (non-hydrogen) atoms. The smallest absolute Gasteiger partial charge is 0.281 e. The lowest BCUT2D eigenvalue weighted by atomic mass is 10.1. The zero-order chi connectivity index (χ0) is 26.9. The molecule has 1 amide bonds. The van der Waals surface area contributed by atoms with Crippen LogP contribution in [0.4, 0.5) is 5.82 Å². The van der Waals surface area contributed by atoms with E-state index in [0.717, 1.165) is 16.7 Å². The zero-order valence-corrected chi connectivity index (χ0v) is 21.6. The van der Waals surface area contributed by atoms with Crippen LogP contribution >= 0.6 is 0 Å². The lowest BCUT2D eigenvalue weighted by Gasteiger charge is -2.16. The van der Waals surface area contributed by atoms with Gasteiger partial charge in [0.25, 0.3) is 15.9 Å². The molecule has 4 rings (SSSR count). The van der Waals surface area contributed by atoms with Gasteiger partial charge in [-0.25, -0.2) is 14.7 Å². The number of pyridine rings is 2.